The predicted molar refractivity (Wildman–Crippen MR) is 208 cm³/mol. The van der Waals surface area contributed by atoms with Crippen LogP contribution in [0.2, 0.25) is 0 Å². The van der Waals surface area contributed by atoms with E-state index in [4.69, 9.17) is 9.90 Å². The van der Waals surface area contributed by atoms with Gasteiger partial charge >= 0.3 is 0 Å². The first-order chi connectivity index (χ1) is 27.6. The van der Waals surface area contributed by atoms with Gasteiger partial charge in [0.2, 0.25) is 0 Å². The van der Waals surface area contributed by atoms with E-state index in [1.54, 1.807) is 0 Å². The summed E-state index contributed by atoms with van der Waals surface area (Å²) in [6.07, 6.45) is 0. The highest BCUT2D eigenvalue weighted by atomic mass is 16.3. The lowest BCUT2D eigenvalue weighted by atomic mass is 9.85. The maximum atomic E-state index is 9.29. The first-order valence-corrected chi connectivity index (χ1v) is 16.2. The highest BCUT2D eigenvalue weighted by Crippen LogP contribution is 2.44. The Balaban J connectivity index is 1.23. The molecule has 1 heteroatoms. The molecule has 9 aromatic carbocycles. The van der Waals surface area contributed by atoms with Crippen LogP contribution in [0.4, 0.5) is 0 Å². The summed E-state index contributed by atoms with van der Waals surface area (Å²) in [5.41, 5.74) is 7.10. The van der Waals surface area contributed by atoms with Gasteiger partial charge in [-0.15, -0.1) is 0 Å². The number of hydrogen-bond acceptors (Lipinski definition) is 1. The quantitative estimate of drug-likeness (QED) is 0.176. The number of furan rings is 1. The van der Waals surface area contributed by atoms with Crippen LogP contribution in [0, 0.1) is 0 Å². The summed E-state index contributed by atoms with van der Waals surface area (Å²) in [6, 6.07) is 40.4. The Bertz CT molecular complexity index is 3220. The van der Waals surface area contributed by atoms with Gasteiger partial charge in [-0.3, -0.25) is 0 Å². The predicted octanol–water partition coefficient (Wildman–Crippen LogP) is 13.7. The van der Waals surface area contributed by atoms with E-state index in [1.165, 1.54) is 0 Å². The molecule has 0 aliphatic rings. The third-order valence-electron chi connectivity index (χ3n) is 9.52. The van der Waals surface area contributed by atoms with Gasteiger partial charge < -0.3 is 4.42 Å². The van der Waals surface area contributed by atoms with Gasteiger partial charge in [0.1, 0.15) is 11.2 Å². The number of fused-ring (bicyclic) bond motifs is 7. The summed E-state index contributed by atoms with van der Waals surface area (Å²) in [7, 11) is 0. The highest BCUT2D eigenvalue weighted by molar-refractivity contribution is 6.22. The molecule has 0 N–H and O–H groups in total. The maximum absolute atomic E-state index is 9.29. The molecule has 1 heterocycles. The van der Waals surface area contributed by atoms with E-state index < -0.39 is 24.2 Å². The Morgan fingerprint density at radius 2 is 0.816 bits per heavy atom. The van der Waals surface area contributed by atoms with E-state index in [9.17, 15) is 5.48 Å². The second-order valence-corrected chi connectivity index (χ2v) is 12.2. The van der Waals surface area contributed by atoms with E-state index in [-0.39, 0.29) is 45.7 Å². The number of benzene rings is 9. The van der Waals surface area contributed by atoms with Crippen molar-refractivity contribution >= 4 is 54.3 Å². The molecule has 0 aliphatic heterocycles. The molecule has 1 nitrogen and oxygen atoms in total. The van der Waals surface area contributed by atoms with Gasteiger partial charge in [0.25, 0.3) is 0 Å². The summed E-state index contributed by atoms with van der Waals surface area (Å²) in [5.74, 6) is 0. The standard InChI is InChI=1S/C48H30O/c1-2-10-31(11-3-1)32-18-22-35(23-19-32)46-39-14-6-8-16-41(39)47(42-17-9-7-15-40(42)46)36-24-20-33(21-25-36)37-27-28-44-43(30-37)48-38-13-5-4-12-34(38)26-29-45(48)49-44/h1-30H/i6D,7D,8D,9D,14D,15D,16D,17D. The fraction of sp³-hybridized carbons (Fsp3) is 0. The molecule has 0 radical (unpaired) electrons. The summed E-state index contributed by atoms with van der Waals surface area (Å²) in [6.45, 7) is 0. The fourth-order valence-electron chi connectivity index (χ4n) is 7.22. The van der Waals surface area contributed by atoms with E-state index in [0.29, 0.717) is 22.3 Å². The van der Waals surface area contributed by atoms with Crippen LogP contribution < -0.4 is 0 Å². The monoisotopic (exact) mass is 630 g/mol. The van der Waals surface area contributed by atoms with Crippen molar-refractivity contribution in [3.8, 4) is 44.5 Å². The molecule has 1 aromatic heterocycles. The minimum absolute atomic E-state index is 0.187. The average molecular weight is 631 g/mol. The zero-order chi connectivity index (χ0) is 39.3. The normalized spacial score (nSPS) is 14.0. The van der Waals surface area contributed by atoms with Crippen molar-refractivity contribution in [2.24, 2.45) is 0 Å². The van der Waals surface area contributed by atoms with Crippen LogP contribution >= 0.6 is 0 Å². The van der Waals surface area contributed by atoms with E-state index in [2.05, 4.69) is 24.3 Å². The molecule has 0 bridgehead atoms. The second-order valence-electron chi connectivity index (χ2n) is 12.2. The van der Waals surface area contributed by atoms with Crippen molar-refractivity contribution in [3.63, 3.8) is 0 Å². The van der Waals surface area contributed by atoms with Crippen LogP contribution in [-0.2, 0) is 0 Å². The van der Waals surface area contributed by atoms with Crippen LogP contribution in [0.15, 0.2) is 186 Å². The molecule has 10 aromatic rings. The van der Waals surface area contributed by atoms with Gasteiger partial charge in [-0.2, -0.15) is 0 Å². The van der Waals surface area contributed by atoms with Crippen molar-refractivity contribution in [1.82, 2.24) is 0 Å². The van der Waals surface area contributed by atoms with Crippen LogP contribution in [0.25, 0.3) is 98.8 Å². The third-order valence-corrected chi connectivity index (χ3v) is 9.52. The zero-order valence-corrected chi connectivity index (χ0v) is 26.1. The minimum atomic E-state index is -0.427. The van der Waals surface area contributed by atoms with Crippen molar-refractivity contribution in [3.05, 3.63) is 182 Å². The second kappa shape index (κ2) is 11.1. The topological polar surface area (TPSA) is 13.1 Å². The minimum Gasteiger partial charge on any atom is -0.456 e. The molecule has 0 amide bonds. The van der Waals surface area contributed by atoms with Gasteiger partial charge in [0.05, 0.1) is 11.0 Å². The summed E-state index contributed by atoms with van der Waals surface area (Å²) in [5, 5.41) is 5.00. The number of hydrogen-bond donors (Lipinski definition) is 0. The Morgan fingerprint density at radius 1 is 0.347 bits per heavy atom. The van der Waals surface area contributed by atoms with Crippen LogP contribution in [0.1, 0.15) is 11.0 Å². The Morgan fingerprint density at radius 3 is 1.43 bits per heavy atom. The molecule has 0 aliphatic carbocycles. The van der Waals surface area contributed by atoms with Crippen molar-refractivity contribution in [2.45, 2.75) is 0 Å². The van der Waals surface area contributed by atoms with Crippen molar-refractivity contribution in [1.29, 1.82) is 0 Å². The van der Waals surface area contributed by atoms with Crippen molar-refractivity contribution < 1.29 is 15.4 Å². The fourth-order valence-corrected chi connectivity index (χ4v) is 7.22. The van der Waals surface area contributed by atoms with Crippen LogP contribution in [-0.4, -0.2) is 0 Å². The molecular weight excluding hydrogens is 593 g/mol. The Hall–Kier alpha value is -6.44. The molecule has 10 rings (SSSR count). The van der Waals surface area contributed by atoms with Crippen LogP contribution in [0.3, 0.4) is 0 Å². The zero-order valence-electron chi connectivity index (χ0n) is 34.1. The Labute approximate surface area is 295 Å². The summed E-state index contributed by atoms with van der Waals surface area (Å²) < 4.78 is 78.3. The van der Waals surface area contributed by atoms with Gasteiger partial charge in [0, 0.05) is 10.8 Å². The molecule has 0 saturated heterocycles. The molecule has 0 fully saturated rings. The SMILES string of the molecule is [2H]c1c([2H])c([2H])c2c(-c3ccc(-c4ccc5oc6ccc7ccccc7c6c5c4)cc3)c3c([2H])c([2H])c([2H])c([2H])c3c(-c3ccc(-c4ccccc4)cc3)c2c1[2H]. The van der Waals surface area contributed by atoms with Gasteiger partial charge in [0.15, 0.2) is 0 Å². The van der Waals surface area contributed by atoms with Gasteiger partial charge in [-0.1, -0.05) is 164 Å². The molecular formula is C48H30O. The molecule has 49 heavy (non-hydrogen) atoms. The molecule has 0 saturated carbocycles. The van der Waals surface area contributed by atoms with Crippen LogP contribution in [0.5, 0.6) is 0 Å². The first-order valence-electron chi connectivity index (χ1n) is 20.2. The van der Waals surface area contributed by atoms with Gasteiger partial charge in [-0.25, -0.2) is 0 Å². The third kappa shape index (κ3) is 4.47. The molecule has 0 spiro atoms. The summed E-state index contributed by atoms with van der Waals surface area (Å²) >= 11 is 0. The van der Waals surface area contributed by atoms with Crippen molar-refractivity contribution in [2.75, 3.05) is 0 Å². The van der Waals surface area contributed by atoms with E-state index in [0.717, 1.165) is 55.0 Å². The summed E-state index contributed by atoms with van der Waals surface area (Å²) in [4.78, 5) is 0. The van der Waals surface area contributed by atoms with E-state index >= 15 is 0 Å². The lowest BCUT2D eigenvalue weighted by molar-refractivity contribution is 0.669. The van der Waals surface area contributed by atoms with E-state index in [1.807, 2.05) is 109 Å². The molecule has 0 unspecified atom stereocenters. The smallest absolute Gasteiger partial charge is 0.136 e. The lowest BCUT2D eigenvalue weighted by Crippen LogP contribution is -1.91. The Kier molecular flexibility index (Phi) is 4.69. The maximum Gasteiger partial charge on any atom is 0.136 e. The highest BCUT2D eigenvalue weighted by Gasteiger charge is 2.17. The first kappa shape index (κ1) is 20.7. The average Bonchev–Trinajstić information content (AvgIpc) is 3.64. The largest absolute Gasteiger partial charge is 0.456 e. The lowest BCUT2D eigenvalue weighted by Gasteiger charge is -2.18. The molecule has 228 valence electrons. The molecule has 0 atom stereocenters. The number of rotatable bonds is 4. The van der Waals surface area contributed by atoms with Gasteiger partial charge in [-0.05, 0) is 95.0 Å².